The van der Waals surface area contributed by atoms with Crippen LogP contribution in [0.2, 0.25) is 0 Å². The van der Waals surface area contributed by atoms with Gasteiger partial charge in [0.05, 0.1) is 23.7 Å². The van der Waals surface area contributed by atoms with Crippen LogP contribution >= 0.6 is 0 Å². The fourth-order valence-electron chi connectivity index (χ4n) is 3.07. The third-order valence-electron chi connectivity index (χ3n) is 4.60. The molecular weight excluding hydrogens is 393 g/mol. The van der Waals surface area contributed by atoms with E-state index in [4.69, 9.17) is 4.74 Å². The average molecular weight is 414 g/mol. The van der Waals surface area contributed by atoms with Crippen LogP contribution in [0.25, 0.3) is 0 Å². The molecule has 0 N–H and O–H groups in total. The second kappa shape index (κ2) is 8.10. The molecule has 3 rings (SSSR count). The van der Waals surface area contributed by atoms with Crippen molar-refractivity contribution >= 4 is 15.7 Å². The molecular formula is C19H21F3N2O3S. The number of sulfonamides is 1. The van der Waals surface area contributed by atoms with Gasteiger partial charge in [-0.25, -0.2) is 8.42 Å². The Hall–Kier alpha value is -2.10. The minimum Gasteiger partial charge on any atom is -0.378 e. The van der Waals surface area contributed by atoms with E-state index in [1.807, 2.05) is 12.1 Å². The van der Waals surface area contributed by atoms with Crippen molar-refractivity contribution in [1.29, 1.82) is 0 Å². The number of nitrogens with zero attached hydrogens (tertiary/aromatic N) is 2. The summed E-state index contributed by atoms with van der Waals surface area (Å²) in [4.78, 5) is 1.42. The second-order valence-electron chi connectivity index (χ2n) is 6.52. The summed E-state index contributed by atoms with van der Waals surface area (Å²) in [6, 6.07) is 11.5. The van der Waals surface area contributed by atoms with Crippen LogP contribution in [0.4, 0.5) is 18.9 Å². The van der Waals surface area contributed by atoms with Gasteiger partial charge in [0.15, 0.2) is 0 Å². The summed E-state index contributed by atoms with van der Waals surface area (Å²) in [7, 11) is -3.02. The maximum Gasteiger partial charge on any atom is 0.417 e. The van der Waals surface area contributed by atoms with Gasteiger partial charge in [0, 0.05) is 32.4 Å². The van der Waals surface area contributed by atoms with Gasteiger partial charge in [0.2, 0.25) is 10.0 Å². The van der Waals surface area contributed by atoms with E-state index < -0.39 is 26.7 Å². The minimum atomic E-state index is -4.75. The van der Waals surface area contributed by atoms with E-state index in [-0.39, 0.29) is 6.54 Å². The largest absolute Gasteiger partial charge is 0.417 e. The Morgan fingerprint density at radius 3 is 2.25 bits per heavy atom. The lowest BCUT2D eigenvalue weighted by Gasteiger charge is -2.29. The molecule has 1 aliphatic heterocycles. The zero-order chi connectivity index (χ0) is 20.4. The SMILES string of the molecule is CN(Cc1ccc(N2CCOCC2)cc1)S(=O)(=O)c1ccccc1C(F)(F)F. The Morgan fingerprint density at radius 2 is 1.64 bits per heavy atom. The van der Waals surface area contributed by atoms with Crippen molar-refractivity contribution in [3.05, 3.63) is 59.7 Å². The van der Waals surface area contributed by atoms with Gasteiger partial charge in [0.25, 0.3) is 0 Å². The highest BCUT2D eigenvalue weighted by Crippen LogP contribution is 2.35. The molecule has 0 radical (unpaired) electrons. The summed E-state index contributed by atoms with van der Waals surface area (Å²) >= 11 is 0. The standard InChI is InChI=1S/C19H21F3N2O3S/c1-23(28(25,26)18-5-3-2-4-17(18)19(20,21)22)14-15-6-8-16(9-7-15)24-10-12-27-13-11-24/h2-9H,10-14H2,1H3. The van der Waals surface area contributed by atoms with Crippen molar-refractivity contribution in [1.82, 2.24) is 4.31 Å². The molecule has 2 aromatic rings. The van der Waals surface area contributed by atoms with Crippen LogP contribution in [0, 0.1) is 0 Å². The quantitative estimate of drug-likeness (QED) is 0.753. The number of hydrogen-bond donors (Lipinski definition) is 0. The van der Waals surface area contributed by atoms with Crippen LogP contribution in [-0.4, -0.2) is 46.1 Å². The number of halogens is 3. The Morgan fingerprint density at radius 1 is 1.04 bits per heavy atom. The van der Waals surface area contributed by atoms with E-state index >= 15 is 0 Å². The predicted molar refractivity (Wildman–Crippen MR) is 99.6 cm³/mol. The van der Waals surface area contributed by atoms with E-state index in [0.29, 0.717) is 18.8 Å². The molecule has 1 saturated heterocycles. The molecule has 0 aliphatic carbocycles. The normalized spacial score (nSPS) is 15.8. The van der Waals surface area contributed by atoms with Crippen LogP contribution in [0.15, 0.2) is 53.4 Å². The molecule has 0 atom stereocenters. The van der Waals surface area contributed by atoms with Gasteiger partial charge >= 0.3 is 6.18 Å². The molecule has 9 heteroatoms. The smallest absolute Gasteiger partial charge is 0.378 e. The van der Waals surface area contributed by atoms with Gasteiger partial charge in [0.1, 0.15) is 0 Å². The Balaban J connectivity index is 1.78. The third-order valence-corrected chi connectivity index (χ3v) is 6.46. The van der Waals surface area contributed by atoms with Crippen molar-refractivity contribution < 1.29 is 26.3 Å². The zero-order valence-corrected chi connectivity index (χ0v) is 16.1. The Labute approximate surface area is 162 Å². The predicted octanol–water partition coefficient (Wildman–Crippen LogP) is 3.36. The maximum atomic E-state index is 13.2. The highest BCUT2D eigenvalue weighted by atomic mass is 32.2. The number of ether oxygens (including phenoxy) is 1. The molecule has 1 heterocycles. The number of alkyl halides is 3. The number of anilines is 1. The lowest BCUT2D eigenvalue weighted by molar-refractivity contribution is -0.139. The molecule has 5 nitrogen and oxygen atoms in total. The summed E-state index contributed by atoms with van der Waals surface area (Å²) in [6.07, 6.45) is -4.75. The van der Waals surface area contributed by atoms with Gasteiger partial charge in [-0.2, -0.15) is 17.5 Å². The fraction of sp³-hybridized carbons (Fsp3) is 0.368. The fourth-order valence-corrected chi connectivity index (χ4v) is 4.44. The minimum absolute atomic E-state index is 0.0298. The number of benzene rings is 2. The lowest BCUT2D eigenvalue weighted by Crippen LogP contribution is -2.36. The summed E-state index contributed by atoms with van der Waals surface area (Å²) in [6.45, 7) is 2.84. The van der Waals surface area contributed by atoms with E-state index in [0.717, 1.165) is 35.2 Å². The highest BCUT2D eigenvalue weighted by molar-refractivity contribution is 7.89. The topological polar surface area (TPSA) is 49.9 Å². The van der Waals surface area contributed by atoms with E-state index in [2.05, 4.69) is 4.90 Å². The van der Waals surface area contributed by atoms with E-state index in [9.17, 15) is 21.6 Å². The zero-order valence-electron chi connectivity index (χ0n) is 15.3. The Kier molecular flexibility index (Phi) is 5.97. The van der Waals surface area contributed by atoms with Gasteiger partial charge < -0.3 is 9.64 Å². The lowest BCUT2D eigenvalue weighted by atomic mass is 10.2. The molecule has 0 aromatic heterocycles. The number of morpholine rings is 1. The van der Waals surface area contributed by atoms with E-state index in [1.165, 1.54) is 19.2 Å². The monoisotopic (exact) mass is 414 g/mol. The first-order valence-electron chi connectivity index (χ1n) is 8.74. The van der Waals surface area contributed by atoms with Crippen molar-refractivity contribution in [3.63, 3.8) is 0 Å². The molecule has 1 fully saturated rings. The summed E-state index contributed by atoms with van der Waals surface area (Å²) < 4.78 is 71.3. The molecule has 0 saturated carbocycles. The van der Waals surface area contributed by atoms with Crippen molar-refractivity contribution in [2.75, 3.05) is 38.3 Å². The second-order valence-corrected chi connectivity index (χ2v) is 8.53. The molecule has 0 amide bonds. The van der Waals surface area contributed by atoms with Crippen molar-refractivity contribution in [2.24, 2.45) is 0 Å². The van der Waals surface area contributed by atoms with Gasteiger partial charge in [-0.05, 0) is 29.8 Å². The highest BCUT2D eigenvalue weighted by Gasteiger charge is 2.38. The summed E-state index contributed by atoms with van der Waals surface area (Å²) in [5, 5.41) is 0. The van der Waals surface area contributed by atoms with Crippen LogP contribution in [-0.2, 0) is 27.5 Å². The summed E-state index contributed by atoms with van der Waals surface area (Å²) in [5.74, 6) is 0. The van der Waals surface area contributed by atoms with Crippen LogP contribution in [0.1, 0.15) is 11.1 Å². The molecule has 0 bridgehead atoms. The number of hydrogen-bond acceptors (Lipinski definition) is 4. The van der Waals surface area contributed by atoms with Crippen LogP contribution in [0.5, 0.6) is 0 Å². The van der Waals surface area contributed by atoms with Crippen molar-refractivity contribution in [2.45, 2.75) is 17.6 Å². The van der Waals surface area contributed by atoms with Gasteiger partial charge in [-0.3, -0.25) is 0 Å². The molecule has 2 aromatic carbocycles. The van der Waals surface area contributed by atoms with Gasteiger partial charge in [-0.15, -0.1) is 0 Å². The third kappa shape index (κ3) is 4.48. The van der Waals surface area contributed by atoms with Crippen molar-refractivity contribution in [3.8, 4) is 0 Å². The first-order valence-corrected chi connectivity index (χ1v) is 10.2. The van der Waals surface area contributed by atoms with Crippen LogP contribution in [0.3, 0.4) is 0 Å². The Bertz CT molecular complexity index is 909. The van der Waals surface area contributed by atoms with E-state index in [1.54, 1.807) is 12.1 Å². The first-order chi connectivity index (χ1) is 13.2. The summed E-state index contributed by atoms with van der Waals surface area (Å²) in [5.41, 5.74) is 0.525. The first kappa shape index (κ1) is 20.6. The average Bonchev–Trinajstić information content (AvgIpc) is 2.68. The molecule has 152 valence electrons. The maximum absolute atomic E-state index is 13.2. The molecule has 0 spiro atoms. The van der Waals surface area contributed by atoms with Gasteiger partial charge in [-0.1, -0.05) is 24.3 Å². The molecule has 0 unspecified atom stereocenters. The molecule has 28 heavy (non-hydrogen) atoms. The number of rotatable bonds is 5. The van der Waals surface area contributed by atoms with Crippen LogP contribution < -0.4 is 4.90 Å². The molecule has 1 aliphatic rings.